The number of nitrogen functional groups attached to an aromatic ring is 1. The standard InChI is InChI=1S/C12H11BrN2OS/c13-11-6-10(14)3-4-12(11)17(16)8-9-2-1-5-15-7-9/h1-7H,8,14H2. The van der Waals surface area contributed by atoms with Gasteiger partial charge in [0.2, 0.25) is 0 Å². The zero-order chi connectivity index (χ0) is 12.3. The second-order valence-electron chi connectivity index (χ2n) is 3.54. The van der Waals surface area contributed by atoms with Crippen LogP contribution in [-0.4, -0.2) is 9.19 Å². The maximum absolute atomic E-state index is 12.2. The fourth-order valence-corrected chi connectivity index (χ4v) is 3.48. The molecule has 1 unspecified atom stereocenters. The minimum Gasteiger partial charge on any atom is -0.399 e. The van der Waals surface area contributed by atoms with Gasteiger partial charge in [-0.2, -0.15) is 0 Å². The first kappa shape index (κ1) is 12.3. The molecular weight excluding hydrogens is 300 g/mol. The van der Waals surface area contributed by atoms with Gasteiger partial charge in [-0.15, -0.1) is 0 Å². The van der Waals surface area contributed by atoms with Gasteiger partial charge in [0.1, 0.15) is 0 Å². The van der Waals surface area contributed by atoms with E-state index in [-0.39, 0.29) is 0 Å². The van der Waals surface area contributed by atoms with Crippen molar-refractivity contribution >= 4 is 32.4 Å². The summed E-state index contributed by atoms with van der Waals surface area (Å²) in [6.07, 6.45) is 3.43. The van der Waals surface area contributed by atoms with Gasteiger partial charge in [0.05, 0.1) is 21.4 Å². The topological polar surface area (TPSA) is 56.0 Å². The number of benzene rings is 1. The summed E-state index contributed by atoms with van der Waals surface area (Å²) in [4.78, 5) is 4.75. The highest BCUT2D eigenvalue weighted by molar-refractivity contribution is 9.10. The molecule has 88 valence electrons. The molecule has 1 atom stereocenters. The largest absolute Gasteiger partial charge is 0.399 e. The number of nitrogens with zero attached hydrogens (tertiary/aromatic N) is 1. The van der Waals surface area contributed by atoms with Crippen LogP contribution in [0, 0.1) is 0 Å². The van der Waals surface area contributed by atoms with Crippen LogP contribution in [0.15, 0.2) is 52.1 Å². The maximum atomic E-state index is 12.2. The molecule has 1 aromatic carbocycles. The predicted molar refractivity (Wildman–Crippen MR) is 72.9 cm³/mol. The summed E-state index contributed by atoms with van der Waals surface area (Å²) in [6.45, 7) is 0. The summed E-state index contributed by atoms with van der Waals surface area (Å²) in [7, 11) is -1.10. The Hall–Kier alpha value is -1.20. The zero-order valence-electron chi connectivity index (χ0n) is 8.97. The molecule has 0 radical (unpaired) electrons. The SMILES string of the molecule is Nc1ccc(S(=O)Cc2cccnc2)c(Br)c1. The van der Waals surface area contributed by atoms with Gasteiger partial charge in [-0.05, 0) is 45.8 Å². The van der Waals surface area contributed by atoms with E-state index >= 15 is 0 Å². The van der Waals surface area contributed by atoms with Crippen molar-refractivity contribution in [3.8, 4) is 0 Å². The fourth-order valence-electron chi connectivity index (χ4n) is 1.41. The van der Waals surface area contributed by atoms with Crippen LogP contribution in [0.2, 0.25) is 0 Å². The van der Waals surface area contributed by atoms with Gasteiger partial charge in [-0.1, -0.05) is 6.07 Å². The van der Waals surface area contributed by atoms with Gasteiger partial charge in [0, 0.05) is 22.6 Å². The van der Waals surface area contributed by atoms with Gasteiger partial charge >= 0.3 is 0 Å². The van der Waals surface area contributed by atoms with E-state index < -0.39 is 10.8 Å². The van der Waals surface area contributed by atoms with E-state index in [0.29, 0.717) is 11.4 Å². The van der Waals surface area contributed by atoms with Crippen LogP contribution in [-0.2, 0) is 16.6 Å². The lowest BCUT2D eigenvalue weighted by atomic mass is 10.3. The summed E-state index contributed by atoms with van der Waals surface area (Å²) in [5, 5.41) is 0. The lowest BCUT2D eigenvalue weighted by molar-refractivity contribution is 0.682. The smallest absolute Gasteiger partial charge is 0.0586 e. The molecule has 3 nitrogen and oxygen atoms in total. The van der Waals surface area contributed by atoms with Crippen LogP contribution < -0.4 is 5.73 Å². The van der Waals surface area contributed by atoms with E-state index in [0.717, 1.165) is 14.9 Å². The average Bonchev–Trinajstić information content (AvgIpc) is 2.30. The quantitative estimate of drug-likeness (QED) is 0.887. The normalized spacial score (nSPS) is 12.3. The lowest BCUT2D eigenvalue weighted by Gasteiger charge is -2.05. The molecule has 0 aliphatic heterocycles. The van der Waals surface area contributed by atoms with Gasteiger partial charge in [0.25, 0.3) is 0 Å². The third-order valence-electron chi connectivity index (χ3n) is 2.22. The van der Waals surface area contributed by atoms with E-state index in [4.69, 9.17) is 5.73 Å². The Kier molecular flexibility index (Phi) is 3.91. The van der Waals surface area contributed by atoms with E-state index in [9.17, 15) is 4.21 Å². The molecule has 0 amide bonds. The van der Waals surface area contributed by atoms with E-state index in [1.807, 2.05) is 12.1 Å². The number of nitrogens with two attached hydrogens (primary N) is 1. The van der Waals surface area contributed by atoms with Crippen molar-refractivity contribution in [3.05, 3.63) is 52.8 Å². The first-order chi connectivity index (χ1) is 8.16. The van der Waals surface area contributed by atoms with Crippen LogP contribution in [0.4, 0.5) is 5.69 Å². The van der Waals surface area contributed by atoms with Crippen LogP contribution in [0.5, 0.6) is 0 Å². The molecular formula is C12H11BrN2OS. The van der Waals surface area contributed by atoms with Crippen molar-refractivity contribution < 1.29 is 4.21 Å². The monoisotopic (exact) mass is 310 g/mol. The molecule has 0 saturated carbocycles. The van der Waals surface area contributed by atoms with E-state index in [1.165, 1.54) is 0 Å². The van der Waals surface area contributed by atoms with Crippen molar-refractivity contribution in [3.63, 3.8) is 0 Å². The molecule has 0 aliphatic rings. The van der Waals surface area contributed by atoms with Crippen molar-refractivity contribution in [1.82, 2.24) is 4.98 Å². The van der Waals surface area contributed by atoms with Crippen molar-refractivity contribution in [2.45, 2.75) is 10.6 Å². The molecule has 2 aromatic rings. The highest BCUT2D eigenvalue weighted by Gasteiger charge is 2.09. The second kappa shape index (κ2) is 5.42. The number of rotatable bonds is 3. The van der Waals surface area contributed by atoms with Crippen LogP contribution >= 0.6 is 15.9 Å². The molecule has 0 bridgehead atoms. The van der Waals surface area contributed by atoms with Crippen molar-refractivity contribution in [1.29, 1.82) is 0 Å². The molecule has 0 spiro atoms. The fraction of sp³-hybridized carbons (Fsp3) is 0.0833. The van der Waals surface area contributed by atoms with E-state index in [1.54, 1.807) is 30.6 Å². The van der Waals surface area contributed by atoms with Gasteiger partial charge in [0.15, 0.2) is 0 Å². The Morgan fingerprint density at radius 3 is 2.82 bits per heavy atom. The molecule has 2 rings (SSSR count). The number of hydrogen-bond acceptors (Lipinski definition) is 3. The Balaban J connectivity index is 2.21. The third kappa shape index (κ3) is 3.14. The number of hydrogen-bond donors (Lipinski definition) is 1. The molecule has 5 heteroatoms. The van der Waals surface area contributed by atoms with Gasteiger partial charge in [-0.25, -0.2) is 0 Å². The van der Waals surface area contributed by atoms with Crippen LogP contribution in [0.1, 0.15) is 5.56 Å². The van der Waals surface area contributed by atoms with Crippen molar-refractivity contribution in [2.75, 3.05) is 5.73 Å². The van der Waals surface area contributed by atoms with Gasteiger partial charge in [-0.3, -0.25) is 9.19 Å². The molecule has 0 fully saturated rings. The summed E-state index contributed by atoms with van der Waals surface area (Å²) in [5.74, 6) is 0.455. The maximum Gasteiger partial charge on any atom is 0.0586 e. The molecule has 0 saturated heterocycles. The number of anilines is 1. The molecule has 0 aliphatic carbocycles. The summed E-state index contributed by atoms with van der Waals surface area (Å²) in [5.41, 5.74) is 7.25. The summed E-state index contributed by atoms with van der Waals surface area (Å²) < 4.78 is 12.9. The average molecular weight is 311 g/mol. The molecule has 2 N–H and O–H groups in total. The minimum absolute atomic E-state index is 0.455. The van der Waals surface area contributed by atoms with Crippen LogP contribution in [0.3, 0.4) is 0 Å². The lowest BCUT2D eigenvalue weighted by Crippen LogP contribution is -1.98. The number of pyridine rings is 1. The Bertz CT molecular complexity index is 545. The summed E-state index contributed by atoms with van der Waals surface area (Å²) in [6, 6.07) is 9.05. The van der Waals surface area contributed by atoms with Crippen molar-refractivity contribution in [2.24, 2.45) is 0 Å². The number of aromatic nitrogens is 1. The highest BCUT2D eigenvalue weighted by Crippen LogP contribution is 2.24. The second-order valence-corrected chi connectivity index (χ2v) is 5.81. The third-order valence-corrected chi connectivity index (χ3v) is 4.58. The Morgan fingerprint density at radius 2 is 2.18 bits per heavy atom. The Labute approximate surface area is 111 Å². The molecule has 1 heterocycles. The highest BCUT2D eigenvalue weighted by atomic mass is 79.9. The summed E-state index contributed by atoms with van der Waals surface area (Å²) >= 11 is 3.37. The van der Waals surface area contributed by atoms with Crippen LogP contribution in [0.25, 0.3) is 0 Å². The van der Waals surface area contributed by atoms with E-state index in [2.05, 4.69) is 20.9 Å². The van der Waals surface area contributed by atoms with Gasteiger partial charge < -0.3 is 5.73 Å². The minimum atomic E-state index is -1.10. The molecule has 17 heavy (non-hydrogen) atoms. The predicted octanol–water partition coefficient (Wildman–Crippen LogP) is 2.73. The first-order valence-electron chi connectivity index (χ1n) is 4.99. The number of halogens is 1. The first-order valence-corrected chi connectivity index (χ1v) is 7.10. The Morgan fingerprint density at radius 1 is 1.35 bits per heavy atom. The molecule has 1 aromatic heterocycles. The zero-order valence-corrected chi connectivity index (χ0v) is 11.4.